The van der Waals surface area contributed by atoms with Gasteiger partial charge in [0, 0.05) is 23.6 Å². The topological polar surface area (TPSA) is 60.9 Å². The van der Waals surface area contributed by atoms with Gasteiger partial charge in [-0.25, -0.2) is 9.07 Å². The molecule has 0 atom stereocenters. The zero-order chi connectivity index (χ0) is 16.7. The van der Waals surface area contributed by atoms with Crippen molar-refractivity contribution in [3.8, 4) is 11.3 Å². The van der Waals surface area contributed by atoms with E-state index in [1.807, 2.05) is 13.0 Å². The van der Waals surface area contributed by atoms with E-state index >= 15 is 0 Å². The zero-order valence-electron chi connectivity index (χ0n) is 13.2. The average molecular weight is 325 g/mol. The third-order valence-electron chi connectivity index (χ3n) is 4.13. The van der Waals surface area contributed by atoms with Crippen molar-refractivity contribution in [1.29, 1.82) is 0 Å². The van der Waals surface area contributed by atoms with Crippen molar-refractivity contribution >= 4 is 0 Å². The third-order valence-corrected chi connectivity index (χ3v) is 4.13. The molecule has 2 heterocycles. The van der Waals surface area contributed by atoms with E-state index in [9.17, 15) is 9.18 Å². The first kappa shape index (κ1) is 14.8. The maximum Gasteiger partial charge on any atom is 0.267 e. The monoisotopic (exact) mass is 325 g/mol. The van der Waals surface area contributed by atoms with Crippen molar-refractivity contribution in [2.45, 2.75) is 32.2 Å². The first-order chi connectivity index (χ1) is 11.6. The van der Waals surface area contributed by atoms with Crippen LogP contribution in [0.3, 0.4) is 0 Å². The van der Waals surface area contributed by atoms with Crippen LogP contribution in [0, 0.1) is 12.7 Å². The Hall–Kier alpha value is -2.76. The molecule has 0 unspecified atom stereocenters. The van der Waals surface area contributed by atoms with Crippen molar-refractivity contribution in [3.63, 3.8) is 0 Å². The lowest BCUT2D eigenvalue weighted by Crippen LogP contribution is -2.24. The molecule has 0 bridgehead atoms. The summed E-state index contributed by atoms with van der Waals surface area (Å²) < 4.78 is 19.8. The molecule has 3 aromatic rings. The van der Waals surface area contributed by atoms with E-state index < -0.39 is 0 Å². The second-order valence-corrected chi connectivity index (χ2v) is 6.17. The molecule has 0 aliphatic heterocycles. The first-order valence-electron chi connectivity index (χ1n) is 7.90. The highest BCUT2D eigenvalue weighted by molar-refractivity contribution is 5.61. The smallest absolute Gasteiger partial charge is 0.267 e. The molecule has 2 aromatic heterocycles. The van der Waals surface area contributed by atoms with Crippen molar-refractivity contribution < 1.29 is 8.91 Å². The van der Waals surface area contributed by atoms with E-state index in [0.717, 1.165) is 35.4 Å². The van der Waals surface area contributed by atoms with Crippen LogP contribution in [0.15, 0.2) is 45.7 Å². The Morgan fingerprint density at radius 3 is 2.62 bits per heavy atom. The van der Waals surface area contributed by atoms with E-state index in [1.165, 1.54) is 16.8 Å². The van der Waals surface area contributed by atoms with Crippen LogP contribution in [0.1, 0.15) is 35.7 Å². The van der Waals surface area contributed by atoms with Crippen LogP contribution in [0.2, 0.25) is 0 Å². The summed E-state index contributed by atoms with van der Waals surface area (Å²) in [5, 5.41) is 8.46. The summed E-state index contributed by atoms with van der Waals surface area (Å²) >= 11 is 0. The van der Waals surface area contributed by atoms with E-state index in [2.05, 4.69) is 10.3 Å². The first-order valence-corrected chi connectivity index (χ1v) is 7.90. The summed E-state index contributed by atoms with van der Waals surface area (Å²) in [6, 6.07) is 9.46. The quantitative estimate of drug-likeness (QED) is 0.738. The zero-order valence-corrected chi connectivity index (χ0v) is 13.2. The van der Waals surface area contributed by atoms with Crippen molar-refractivity contribution in [2.75, 3.05) is 0 Å². The molecule has 6 heteroatoms. The summed E-state index contributed by atoms with van der Waals surface area (Å²) in [6.45, 7) is 2.15. The van der Waals surface area contributed by atoms with Crippen molar-refractivity contribution in [1.82, 2.24) is 14.9 Å². The second kappa shape index (κ2) is 5.70. The van der Waals surface area contributed by atoms with Gasteiger partial charge in [-0.15, -0.1) is 0 Å². The number of nitrogens with zero attached hydrogens (tertiary/aromatic N) is 3. The molecule has 1 aromatic carbocycles. The Morgan fingerprint density at radius 2 is 2.00 bits per heavy atom. The van der Waals surface area contributed by atoms with Crippen LogP contribution in [0.25, 0.3) is 11.3 Å². The minimum Gasteiger partial charge on any atom is -0.356 e. The molecule has 0 spiro atoms. The van der Waals surface area contributed by atoms with Crippen LogP contribution < -0.4 is 5.56 Å². The predicted octanol–water partition coefficient (Wildman–Crippen LogP) is 3.27. The van der Waals surface area contributed by atoms with Gasteiger partial charge in [0.25, 0.3) is 5.56 Å². The van der Waals surface area contributed by atoms with Crippen LogP contribution in [0.5, 0.6) is 0 Å². The largest absolute Gasteiger partial charge is 0.356 e. The van der Waals surface area contributed by atoms with Crippen LogP contribution in [-0.4, -0.2) is 14.9 Å². The van der Waals surface area contributed by atoms with Crippen LogP contribution >= 0.6 is 0 Å². The lowest BCUT2D eigenvalue weighted by molar-refractivity contribution is 0.426. The number of hydrogen-bond acceptors (Lipinski definition) is 4. The van der Waals surface area contributed by atoms with Gasteiger partial charge < -0.3 is 4.52 Å². The van der Waals surface area contributed by atoms with Gasteiger partial charge in [-0.3, -0.25) is 4.79 Å². The van der Waals surface area contributed by atoms with E-state index in [-0.39, 0.29) is 11.4 Å². The molecular weight excluding hydrogens is 309 g/mol. The van der Waals surface area contributed by atoms with Gasteiger partial charge in [0.1, 0.15) is 5.82 Å². The molecule has 4 rings (SSSR count). The fourth-order valence-electron chi connectivity index (χ4n) is 2.73. The normalized spacial score (nSPS) is 14.1. The van der Waals surface area contributed by atoms with Crippen molar-refractivity contribution in [3.05, 3.63) is 69.5 Å². The number of rotatable bonds is 4. The van der Waals surface area contributed by atoms with Gasteiger partial charge in [0.15, 0.2) is 5.76 Å². The highest BCUT2D eigenvalue weighted by Crippen LogP contribution is 2.42. The van der Waals surface area contributed by atoms with Gasteiger partial charge in [0.05, 0.1) is 17.9 Å². The average Bonchev–Trinajstić information content (AvgIpc) is 3.32. The van der Waals surface area contributed by atoms with Gasteiger partial charge in [0.2, 0.25) is 0 Å². The lowest BCUT2D eigenvalue weighted by Gasteiger charge is -2.10. The highest BCUT2D eigenvalue weighted by atomic mass is 19.1. The Bertz CT molecular complexity index is 940. The molecule has 0 N–H and O–H groups in total. The van der Waals surface area contributed by atoms with Gasteiger partial charge >= 0.3 is 0 Å². The molecule has 1 aliphatic carbocycles. The van der Waals surface area contributed by atoms with E-state index in [1.54, 1.807) is 18.2 Å². The fourth-order valence-corrected chi connectivity index (χ4v) is 2.73. The lowest BCUT2D eigenvalue weighted by atomic mass is 10.1. The maximum atomic E-state index is 13.0. The Balaban J connectivity index is 1.75. The summed E-state index contributed by atoms with van der Waals surface area (Å²) in [6.07, 6.45) is 2.11. The second-order valence-electron chi connectivity index (χ2n) is 6.17. The fraction of sp³-hybridized carbons (Fsp3) is 0.278. The van der Waals surface area contributed by atoms with E-state index in [0.29, 0.717) is 18.2 Å². The SMILES string of the molecule is Cc1cc(-c2cc(=O)n(Cc3ccc(F)cc3)nc2C2CC2)on1. The molecule has 1 saturated carbocycles. The molecular formula is C18H16FN3O2. The molecule has 0 radical (unpaired) electrons. The Kier molecular flexibility index (Phi) is 3.52. The number of aromatic nitrogens is 3. The molecule has 0 amide bonds. The molecule has 1 aliphatic rings. The van der Waals surface area contributed by atoms with Gasteiger partial charge in [-0.05, 0) is 37.5 Å². The number of halogens is 1. The summed E-state index contributed by atoms with van der Waals surface area (Å²) in [5.74, 6) is 0.632. The molecule has 0 saturated heterocycles. The van der Waals surface area contributed by atoms with Gasteiger partial charge in [-0.1, -0.05) is 17.3 Å². The summed E-state index contributed by atoms with van der Waals surface area (Å²) in [4.78, 5) is 12.5. The molecule has 122 valence electrons. The Labute approximate surface area is 137 Å². The Morgan fingerprint density at radius 1 is 1.25 bits per heavy atom. The molecule has 1 fully saturated rings. The maximum absolute atomic E-state index is 13.0. The number of hydrogen-bond donors (Lipinski definition) is 0. The minimum absolute atomic E-state index is 0.215. The minimum atomic E-state index is -0.297. The standard InChI is InChI=1S/C18H16FN3O2/c1-11-8-16(24-21-11)15-9-17(23)22(20-18(15)13-4-5-13)10-12-2-6-14(19)7-3-12/h2-3,6-9,13H,4-5,10H2,1H3. The van der Waals surface area contributed by atoms with Crippen molar-refractivity contribution in [2.24, 2.45) is 0 Å². The van der Waals surface area contributed by atoms with E-state index in [4.69, 9.17) is 4.52 Å². The van der Waals surface area contributed by atoms with Crippen LogP contribution in [0.4, 0.5) is 4.39 Å². The van der Waals surface area contributed by atoms with Gasteiger partial charge in [-0.2, -0.15) is 5.10 Å². The molecule has 24 heavy (non-hydrogen) atoms. The van der Waals surface area contributed by atoms with Crippen LogP contribution in [-0.2, 0) is 6.54 Å². The number of aryl methyl sites for hydroxylation is 1. The predicted molar refractivity (Wildman–Crippen MR) is 86.2 cm³/mol. The number of benzene rings is 1. The highest BCUT2D eigenvalue weighted by Gasteiger charge is 2.30. The summed E-state index contributed by atoms with van der Waals surface area (Å²) in [7, 11) is 0. The molecule has 5 nitrogen and oxygen atoms in total. The third kappa shape index (κ3) is 2.87. The summed E-state index contributed by atoms with van der Waals surface area (Å²) in [5.41, 5.74) is 2.97.